The lowest BCUT2D eigenvalue weighted by Crippen LogP contribution is -2.53. The molecule has 3 heterocycles. The van der Waals surface area contributed by atoms with Gasteiger partial charge in [-0.25, -0.2) is 9.37 Å². The van der Waals surface area contributed by atoms with Crippen LogP contribution < -0.4 is 10.6 Å². The molecule has 37 heavy (non-hydrogen) atoms. The summed E-state index contributed by atoms with van der Waals surface area (Å²) in [6, 6.07) is 16.1. The third-order valence-corrected chi connectivity index (χ3v) is 7.06. The van der Waals surface area contributed by atoms with Gasteiger partial charge in [0.15, 0.2) is 0 Å². The Morgan fingerprint density at radius 1 is 1.08 bits per heavy atom. The highest BCUT2D eigenvalue weighted by Crippen LogP contribution is 2.20. The highest BCUT2D eigenvalue weighted by atomic mass is 35.5. The molecule has 5 rings (SSSR count). The van der Waals surface area contributed by atoms with E-state index in [1.165, 1.54) is 17.7 Å². The molecule has 0 bridgehead atoms. The van der Waals surface area contributed by atoms with E-state index in [0.29, 0.717) is 31.0 Å². The topological polar surface area (TPSA) is 65.4 Å². The molecule has 2 atom stereocenters. The molecular formula is C28H36ClFN6O. The predicted octanol–water partition coefficient (Wildman–Crippen LogP) is 4.33. The number of rotatable bonds is 6. The van der Waals surface area contributed by atoms with Gasteiger partial charge >= 0.3 is 0 Å². The third kappa shape index (κ3) is 6.69. The fourth-order valence-electron chi connectivity index (χ4n) is 5.44. The zero-order chi connectivity index (χ0) is 25.1. The summed E-state index contributed by atoms with van der Waals surface area (Å²) in [6.07, 6.45) is 5.14. The first kappa shape index (κ1) is 27.1. The number of halogens is 2. The van der Waals surface area contributed by atoms with Crippen LogP contribution in [0.1, 0.15) is 42.9 Å². The van der Waals surface area contributed by atoms with Crippen LogP contribution in [0.5, 0.6) is 0 Å². The fourth-order valence-corrected chi connectivity index (χ4v) is 5.44. The molecule has 2 fully saturated rings. The van der Waals surface area contributed by atoms with Gasteiger partial charge in [0.25, 0.3) is 5.91 Å². The van der Waals surface area contributed by atoms with E-state index in [0.717, 1.165) is 43.9 Å². The number of benzene rings is 2. The number of carbonyl (C=O) groups is 1. The van der Waals surface area contributed by atoms with Crippen molar-refractivity contribution in [2.75, 3.05) is 31.5 Å². The summed E-state index contributed by atoms with van der Waals surface area (Å²) >= 11 is 0. The summed E-state index contributed by atoms with van der Waals surface area (Å²) in [5, 5.41) is 6.96. The van der Waals surface area contributed by atoms with Crippen molar-refractivity contribution < 1.29 is 9.18 Å². The second-order valence-corrected chi connectivity index (χ2v) is 10.2. The van der Waals surface area contributed by atoms with Gasteiger partial charge in [0.05, 0.1) is 0 Å². The normalized spacial score (nSPS) is 20.9. The van der Waals surface area contributed by atoms with Crippen molar-refractivity contribution in [3.63, 3.8) is 0 Å². The molecule has 0 saturated carbocycles. The van der Waals surface area contributed by atoms with E-state index in [1.54, 1.807) is 12.3 Å². The quantitative estimate of drug-likeness (QED) is 0.500. The molecule has 1 aromatic heterocycles. The highest BCUT2D eigenvalue weighted by molar-refractivity contribution is 5.91. The lowest BCUT2D eigenvalue weighted by molar-refractivity contribution is 0.0704. The van der Waals surface area contributed by atoms with Crippen molar-refractivity contribution in [1.29, 1.82) is 0 Å². The molecule has 2 aromatic carbocycles. The number of nitrogens with one attached hydrogen (secondary N) is 2. The monoisotopic (exact) mass is 526 g/mol. The first-order valence-corrected chi connectivity index (χ1v) is 12.9. The molecule has 3 aromatic rings. The minimum atomic E-state index is -0.250. The summed E-state index contributed by atoms with van der Waals surface area (Å²) in [7, 11) is 0. The lowest BCUT2D eigenvalue weighted by atomic mass is 10.0. The molecule has 2 N–H and O–H groups in total. The van der Waals surface area contributed by atoms with Gasteiger partial charge in [-0.05, 0) is 62.6 Å². The van der Waals surface area contributed by atoms with E-state index in [9.17, 15) is 9.18 Å². The molecular weight excluding hydrogens is 491 g/mol. The van der Waals surface area contributed by atoms with Crippen LogP contribution in [0.25, 0.3) is 5.69 Å². The number of aromatic nitrogens is 2. The fraction of sp³-hybridized carbons (Fsp3) is 0.429. The Balaban J connectivity index is 0.00000320. The molecule has 1 amide bonds. The van der Waals surface area contributed by atoms with Crippen molar-refractivity contribution in [3.8, 4) is 5.69 Å². The minimum absolute atomic E-state index is 0. The Bertz CT molecular complexity index is 1170. The Labute approximate surface area is 224 Å². The van der Waals surface area contributed by atoms with Crippen molar-refractivity contribution >= 4 is 24.0 Å². The number of hydrogen-bond acceptors (Lipinski definition) is 5. The van der Waals surface area contributed by atoms with Gasteiger partial charge in [-0.2, -0.15) is 0 Å². The van der Waals surface area contributed by atoms with Crippen molar-refractivity contribution in [3.05, 3.63) is 78.1 Å². The van der Waals surface area contributed by atoms with Crippen molar-refractivity contribution in [2.24, 2.45) is 0 Å². The van der Waals surface area contributed by atoms with Gasteiger partial charge in [-0.15, -0.1) is 12.4 Å². The predicted molar refractivity (Wildman–Crippen MR) is 147 cm³/mol. The number of likely N-dealkylation sites (tertiary alicyclic amines) is 1. The van der Waals surface area contributed by atoms with Crippen LogP contribution in [0.3, 0.4) is 0 Å². The summed E-state index contributed by atoms with van der Waals surface area (Å²) in [5.41, 5.74) is 2.98. The zero-order valence-corrected chi connectivity index (χ0v) is 22.3. The van der Waals surface area contributed by atoms with Crippen LogP contribution in [-0.2, 0) is 6.54 Å². The van der Waals surface area contributed by atoms with Crippen LogP contribution in [-0.4, -0.2) is 69.6 Å². The SMILES string of the molecule is C[C@@H]1CN(Cc2ccc(-n3ccnc3C(=O)N3CCC(Nc4cccc(F)c4)CC3)cc2)C[C@H](C)N1.Cl. The van der Waals surface area contributed by atoms with Gasteiger partial charge < -0.3 is 15.5 Å². The summed E-state index contributed by atoms with van der Waals surface area (Å²) in [4.78, 5) is 22.1. The molecule has 0 radical (unpaired) electrons. The molecule has 0 aliphatic carbocycles. The molecule has 2 aliphatic rings. The van der Waals surface area contributed by atoms with Crippen LogP contribution in [0.2, 0.25) is 0 Å². The third-order valence-electron chi connectivity index (χ3n) is 7.06. The average Bonchev–Trinajstić information content (AvgIpc) is 3.34. The largest absolute Gasteiger partial charge is 0.382 e. The number of piperidine rings is 1. The first-order chi connectivity index (χ1) is 17.4. The van der Waals surface area contributed by atoms with Gasteiger partial charge in [-0.1, -0.05) is 18.2 Å². The number of amides is 1. The first-order valence-electron chi connectivity index (χ1n) is 12.9. The van der Waals surface area contributed by atoms with Gasteiger partial charge in [0.2, 0.25) is 5.82 Å². The zero-order valence-electron chi connectivity index (χ0n) is 21.4. The second-order valence-electron chi connectivity index (χ2n) is 10.2. The molecule has 2 aliphatic heterocycles. The number of nitrogens with zero attached hydrogens (tertiary/aromatic N) is 4. The Kier molecular flexibility index (Phi) is 8.84. The van der Waals surface area contributed by atoms with E-state index < -0.39 is 0 Å². The Hall–Kier alpha value is -2.94. The molecule has 7 nitrogen and oxygen atoms in total. The number of piperazine rings is 1. The number of hydrogen-bond donors (Lipinski definition) is 2. The maximum Gasteiger partial charge on any atom is 0.290 e. The highest BCUT2D eigenvalue weighted by Gasteiger charge is 2.27. The van der Waals surface area contributed by atoms with Crippen molar-refractivity contribution in [1.82, 2.24) is 24.7 Å². The van der Waals surface area contributed by atoms with Crippen LogP contribution in [0, 0.1) is 5.82 Å². The Morgan fingerprint density at radius 2 is 1.78 bits per heavy atom. The average molecular weight is 527 g/mol. The standard InChI is InChI=1S/C28H35FN6O.ClH/c1-20-17-33(18-21(2)31-20)19-22-6-8-26(9-7-22)35-15-12-30-27(35)28(36)34-13-10-24(11-14-34)32-25-5-3-4-23(29)16-25;/h3-9,12,15-16,20-21,24,31-32H,10-11,13-14,17-19H2,1-2H3;1H/t20-,21+;. The van der Waals surface area contributed by atoms with E-state index >= 15 is 0 Å². The van der Waals surface area contributed by atoms with Crippen LogP contribution >= 0.6 is 12.4 Å². The minimum Gasteiger partial charge on any atom is -0.382 e. The summed E-state index contributed by atoms with van der Waals surface area (Å²) in [6.45, 7) is 8.74. The lowest BCUT2D eigenvalue weighted by Gasteiger charge is -2.36. The van der Waals surface area contributed by atoms with E-state index in [-0.39, 0.29) is 30.2 Å². The van der Waals surface area contributed by atoms with Gasteiger partial charge in [0, 0.05) is 74.6 Å². The van der Waals surface area contributed by atoms with E-state index in [2.05, 4.69) is 58.6 Å². The van der Waals surface area contributed by atoms with Gasteiger partial charge in [0.1, 0.15) is 5.82 Å². The maximum absolute atomic E-state index is 13.5. The molecule has 0 spiro atoms. The van der Waals surface area contributed by atoms with E-state index in [1.807, 2.05) is 21.7 Å². The van der Waals surface area contributed by atoms with Gasteiger partial charge in [-0.3, -0.25) is 14.3 Å². The Morgan fingerprint density at radius 3 is 2.46 bits per heavy atom. The summed E-state index contributed by atoms with van der Waals surface area (Å²) < 4.78 is 15.3. The summed E-state index contributed by atoms with van der Waals surface area (Å²) in [5.74, 6) is 0.126. The molecule has 9 heteroatoms. The van der Waals surface area contributed by atoms with E-state index in [4.69, 9.17) is 0 Å². The second kappa shape index (κ2) is 12.1. The number of imidazole rings is 1. The van der Waals surface area contributed by atoms with Crippen molar-refractivity contribution in [2.45, 2.75) is 51.4 Å². The van der Waals surface area contributed by atoms with Crippen LogP contribution in [0.15, 0.2) is 60.9 Å². The molecule has 2 saturated heterocycles. The molecule has 198 valence electrons. The number of anilines is 1. The smallest absolute Gasteiger partial charge is 0.290 e. The number of carbonyl (C=O) groups excluding carboxylic acids is 1. The molecule has 0 unspecified atom stereocenters. The van der Waals surface area contributed by atoms with Crippen LogP contribution in [0.4, 0.5) is 10.1 Å². The maximum atomic E-state index is 13.5.